The average Bonchev–Trinajstić information content (AvgIpc) is 3.15. The number of nitrogens with zero attached hydrogens (tertiary/aromatic N) is 2. The van der Waals surface area contributed by atoms with Crippen LogP contribution in [-0.4, -0.2) is 30.1 Å². The van der Waals surface area contributed by atoms with Crippen molar-refractivity contribution in [2.45, 2.75) is 20.3 Å². The number of ether oxygens (including phenoxy) is 1. The molecule has 24 heavy (non-hydrogen) atoms. The Morgan fingerprint density at radius 1 is 1.46 bits per heavy atom. The molecule has 1 aromatic heterocycles. The summed E-state index contributed by atoms with van der Waals surface area (Å²) >= 11 is 0. The molecule has 1 atom stereocenters. The predicted octanol–water partition coefficient (Wildman–Crippen LogP) is 2.37. The minimum absolute atomic E-state index is 0.137. The highest BCUT2D eigenvalue weighted by molar-refractivity contribution is 6.03. The van der Waals surface area contributed by atoms with Gasteiger partial charge in [0.2, 0.25) is 11.8 Å². The topological polar surface area (TPSA) is 84.7 Å². The Morgan fingerprint density at radius 2 is 2.25 bits per heavy atom. The molecule has 1 N–H and O–H groups in total. The van der Waals surface area contributed by atoms with Crippen molar-refractivity contribution in [1.29, 1.82) is 0 Å². The maximum absolute atomic E-state index is 12.5. The number of amides is 2. The molecule has 3 rings (SSSR count). The van der Waals surface area contributed by atoms with Gasteiger partial charge >= 0.3 is 0 Å². The van der Waals surface area contributed by atoms with Gasteiger partial charge in [-0.25, -0.2) is 0 Å². The number of carbonyl (C=O) groups is 2. The van der Waals surface area contributed by atoms with E-state index in [1.165, 1.54) is 4.90 Å². The SMILES string of the molecule is CCOc1ccccc1NC(=O)C1CC(=O)N(c2cc(C)on2)C1. The molecule has 0 bridgehead atoms. The van der Waals surface area contributed by atoms with Crippen molar-refractivity contribution in [3.8, 4) is 5.75 Å². The fraction of sp³-hybridized carbons (Fsp3) is 0.353. The van der Waals surface area contributed by atoms with Crippen LogP contribution in [0.25, 0.3) is 0 Å². The minimum Gasteiger partial charge on any atom is -0.492 e. The van der Waals surface area contributed by atoms with E-state index < -0.39 is 5.92 Å². The summed E-state index contributed by atoms with van der Waals surface area (Å²) in [6.45, 7) is 4.43. The molecule has 1 aromatic carbocycles. The van der Waals surface area contributed by atoms with Gasteiger partial charge in [0.15, 0.2) is 5.82 Å². The van der Waals surface area contributed by atoms with Gasteiger partial charge in [-0.15, -0.1) is 0 Å². The molecule has 2 aromatic rings. The van der Waals surface area contributed by atoms with Crippen molar-refractivity contribution in [3.63, 3.8) is 0 Å². The molecule has 1 fully saturated rings. The Hall–Kier alpha value is -2.83. The third kappa shape index (κ3) is 3.24. The second kappa shape index (κ2) is 6.74. The summed E-state index contributed by atoms with van der Waals surface area (Å²) in [4.78, 5) is 26.2. The zero-order valence-electron chi connectivity index (χ0n) is 13.6. The van der Waals surface area contributed by atoms with Gasteiger partial charge in [0.05, 0.1) is 18.2 Å². The predicted molar refractivity (Wildman–Crippen MR) is 87.9 cm³/mol. The fourth-order valence-electron chi connectivity index (χ4n) is 2.67. The summed E-state index contributed by atoms with van der Waals surface area (Å²) in [6, 6.07) is 8.92. The molecule has 1 unspecified atom stereocenters. The minimum atomic E-state index is -0.441. The molecule has 0 aliphatic carbocycles. The summed E-state index contributed by atoms with van der Waals surface area (Å²) in [5.41, 5.74) is 0.604. The molecule has 7 nitrogen and oxygen atoms in total. The standard InChI is InChI=1S/C17H19N3O4/c1-3-23-14-7-5-4-6-13(14)18-17(22)12-9-16(21)20(10-12)15-8-11(2)24-19-15/h4-8,12H,3,9-10H2,1-2H3,(H,18,22). The lowest BCUT2D eigenvalue weighted by molar-refractivity contribution is -0.122. The Kier molecular flexibility index (Phi) is 4.50. The van der Waals surface area contributed by atoms with Crippen LogP contribution in [0.15, 0.2) is 34.9 Å². The van der Waals surface area contributed by atoms with E-state index in [-0.39, 0.29) is 24.8 Å². The van der Waals surface area contributed by atoms with Crippen molar-refractivity contribution < 1.29 is 18.8 Å². The van der Waals surface area contributed by atoms with Gasteiger partial charge < -0.3 is 14.6 Å². The number of anilines is 2. The Morgan fingerprint density at radius 3 is 2.96 bits per heavy atom. The maximum atomic E-state index is 12.5. The molecule has 0 radical (unpaired) electrons. The molecule has 1 saturated heterocycles. The first-order chi connectivity index (χ1) is 11.6. The Bertz CT molecular complexity index is 756. The largest absolute Gasteiger partial charge is 0.492 e. The van der Waals surface area contributed by atoms with Gasteiger partial charge in [0.25, 0.3) is 0 Å². The number of para-hydroxylation sites is 2. The average molecular weight is 329 g/mol. The van der Waals surface area contributed by atoms with Gasteiger partial charge in [-0.2, -0.15) is 0 Å². The highest BCUT2D eigenvalue weighted by atomic mass is 16.5. The number of aromatic nitrogens is 1. The number of hydrogen-bond acceptors (Lipinski definition) is 5. The van der Waals surface area contributed by atoms with Crippen molar-refractivity contribution in [2.75, 3.05) is 23.4 Å². The van der Waals surface area contributed by atoms with E-state index in [0.29, 0.717) is 29.6 Å². The number of rotatable bonds is 5. The second-order valence-electron chi connectivity index (χ2n) is 5.62. The van der Waals surface area contributed by atoms with E-state index in [4.69, 9.17) is 9.26 Å². The number of aryl methyl sites for hydroxylation is 1. The molecule has 0 saturated carbocycles. The normalized spacial score (nSPS) is 17.2. The van der Waals surface area contributed by atoms with Crippen LogP contribution < -0.4 is 15.0 Å². The van der Waals surface area contributed by atoms with E-state index in [2.05, 4.69) is 10.5 Å². The maximum Gasteiger partial charge on any atom is 0.229 e. The highest BCUT2D eigenvalue weighted by Crippen LogP contribution is 2.28. The highest BCUT2D eigenvalue weighted by Gasteiger charge is 2.36. The van der Waals surface area contributed by atoms with Crippen LogP contribution in [0.1, 0.15) is 19.1 Å². The summed E-state index contributed by atoms with van der Waals surface area (Å²) in [6.07, 6.45) is 0.147. The number of carbonyl (C=O) groups excluding carboxylic acids is 2. The lowest BCUT2D eigenvalue weighted by atomic mass is 10.1. The summed E-state index contributed by atoms with van der Waals surface area (Å²) in [5.74, 6) is 0.893. The molecule has 2 heterocycles. The quantitative estimate of drug-likeness (QED) is 0.910. The third-order valence-corrected chi connectivity index (χ3v) is 3.83. The first-order valence-electron chi connectivity index (χ1n) is 7.85. The van der Waals surface area contributed by atoms with Crippen LogP contribution in [0, 0.1) is 12.8 Å². The summed E-state index contributed by atoms with van der Waals surface area (Å²) < 4.78 is 10.5. The van der Waals surface area contributed by atoms with Gasteiger partial charge in [-0.05, 0) is 26.0 Å². The molecule has 7 heteroatoms. The molecular formula is C17H19N3O4. The first-order valence-corrected chi connectivity index (χ1v) is 7.85. The van der Waals surface area contributed by atoms with E-state index in [1.54, 1.807) is 25.1 Å². The van der Waals surface area contributed by atoms with Crippen molar-refractivity contribution in [2.24, 2.45) is 5.92 Å². The van der Waals surface area contributed by atoms with Crippen LogP contribution in [0.5, 0.6) is 5.75 Å². The van der Waals surface area contributed by atoms with E-state index in [9.17, 15) is 9.59 Å². The first kappa shape index (κ1) is 16.0. The number of nitrogens with one attached hydrogen (secondary N) is 1. The summed E-state index contributed by atoms with van der Waals surface area (Å²) in [7, 11) is 0. The Labute approximate surface area is 139 Å². The fourth-order valence-corrected chi connectivity index (χ4v) is 2.67. The molecule has 1 aliphatic heterocycles. The van der Waals surface area contributed by atoms with E-state index in [1.807, 2.05) is 19.1 Å². The molecule has 2 amide bonds. The number of hydrogen-bond donors (Lipinski definition) is 1. The summed E-state index contributed by atoms with van der Waals surface area (Å²) in [5, 5.41) is 6.69. The van der Waals surface area contributed by atoms with Crippen LogP contribution in [0.4, 0.5) is 11.5 Å². The lowest BCUT2D eigenvalue weighted by Crippen LogP contribution is -2.28. The van der Waals surface area contributed by atoms with Crippen molar-refractivity contribution >= 4 is 23.3 Å². The van der Waals surface area contributed by atoms with Crippen LogP contribution in [0.3, 0.4) is 0 Å². The van der Waals surface area contributed by atoms with Gasteiger partial charge in [0.1, 0.15) is 11.5 Å². The molecular weight excluding hydrogens is 310 g/mol. The van der Waals surface area contributed by atoms with E-state index in [0.717, 1.165) is 0 Å². The molecule has 0 spiro atoms. The van der Waals surface area contributed by atoms with Gasteiger partial charge in [-0.3, -0.25) is 14.5 Å². The smallest absolute Gasteiger partial charge is 0.229 e. The zero-order chi connectivity index (χ0) is 17.1. The van der Waals surface area contributed by atoms with Gasteiger partial charge in [0, 0.05) is 19.0 Å². The van der Waals surface area contributed by atoms with Crippen LogP contribution in [-0.2, 0) is 9.59 Å². The monoisotopic (exact) mass is 329 g/mol. The molecule has 126 valence electrons. The number of benzene rings is 1. The lowest BCUT2D eigenvalue weighted by Gasteiger charge is -2.14. The van der Waals surface area contributed by atoms with Crippen molar-refractivity contribution in [1.82, 2.24) is 5.16 Å². The van der Waals surface area contributed by atoms with Crippen molar-refractivity contribution in [3.05, 3.63) is 36.1 Å². The second-order valence-corrected chi connectivity index (χ2v) is 5.62. The van der Waals surface area contributed by atoms with E-state index >= 15 is 0 Å². The van der Waals surface area contributed by atoms with Crippen LogP contribution in [0.2, 0.25) is 0 Å². The third-order valence-electron chi connectivity index (χ3n) is 3.83. The van der Waals surface area contributed by atoms with Crippen LogP contribution >= 0.6 is 0 Å². The Balaban J connectivity index is 1.69. The molecule has 1 aliphatic rings. The zero-order valence-corrected chi connectivity index (χ0v) is 13.6. The van der Waals surface area contributed by atoms with Gasteiger partial charge in [-0.1, -0.05) is 17.3 Å².